The van der Waals surface area contributed by atoms with Crippen molar-refractivity contribution in [3.8, 4) is 5.75 Å². The Labute approximate surface area is 168 Å². The second-order valence-electron chi connectivity index (χ2n) is 7.24. The van der Waals surface area contributed by atoms with Gasteiger partial charge in [-0.1, -0.05) is 11.6 Å². The quantitative estimate of drug-likeness (QED) is 0.826. The molecule has 2 heterocycles. The topological polar surface area (TPSA) is 84.7 Å². The number of hydrogen-bond donors (Lipinski definition) is 2. The maximum Gasteiger partial charge on any atom is 0.248 e. The average Bonchev–Trinajstić information content (AvgIpc) is 3.21. The number of nitrogens with one attached hydrogen (secondary N) is 1. The summed E-state index contributed by atoms with van der Waals surface area (Å²) in [6.45, 7) is 2.16. The summed E-state index contributed by atoms with van der Waals surface area (Å²) in [5.74, 6) is -0.239. The number of carbonyl (C=O) groups is 2. The van der Waals surface area contributed by atoms with Crippen molar-refractivity contribution in [1.29, 1.82) is 0 Å². The van der Waals surface area contributed by atoms with E-state index in [-0.39, 0.29) is 11.8 Å². The van der Waals surface area contributed by atoms with Crippen LogP contribution in [0.4, 0.5) is 11.4 Å². The van der Waals surface area contributed by atoms with Crippen LogP contribution >= 0.6 is 11.6 Å². The first kappa shape index (κ1) is 18.6. The first-order valence-corrected chi connectivity index (χ1v) is 9.80. The van der Waals surface area contributed by atoms with Crippen molar-refractivity contribution >= 4 is 34.8 Å². The molecule has 0 radical (unpaired) electrons. The molecule has 2 aliphatic heterocycles. The Balaban J connectivity index is 1.56. The third-order valence-corrected chi connectivity index (χ3v) is 5.52. The summed E-state index contributed by atoms with van der Waals surface area (Å²) in [5.41, 5.74) is 8.24. The molecule has 1 atom stereocenters. The molecule has 4 rings (SSSR count). The molecule has 1 saturated heterocycles. The number of hydrogen-bond acceptors (Lipinski definition) is 4. The SMILES string of the molecule is NC(=O)c1ccc(N2CCCC2)c(NC(=O)C2COc3ccc(Cl)cc3C2)c1. The summed E-state index contributed by atoms with van der Waals surface area (Å²) in [6, 6.07) is 10.6. The lowest BCUT2D eigenvalue weighted by Gasteiger charge is -2.26. The Morgan fingerprint density at radius 2 is 1.93 bits per heavy atom. The van der Waals surface area contributed by atoms with E-state index in [2.05, 4.69) is 10.2 Å². The van der Waals surface area contributed by atoms with E-state index in [1.165, 1.54) is 0 Å². The fourth-order valence-electron chi connectivity index (χ4n) is 3.79. The second-order valence-corrected chi connectivity index (χ2v) is 7.68. The Morgan fingerprint density at radius 1 is 1.14 bits per heavy atom. The van der Waals surface area contributed by atoms with Crippen LogP contribution in [0.2, 0.25) is 5.02 Å². The van der Waals surface area contributed by atoms with Gasteiger partial charge in [-0.05, 0) is 61.2 Å². The Hall–Kier alpha value is -2.73. The van der Waals surface area contributed by atoms with Crippen LogP contribution in [0.5, 0.6) is 5.75 Å². The van der Waals surface area contributed by atoms with Crippen LogP contribution in [0.15, 0.2) is 36.4 Å². The van der Waals surface area contributed by atoms with Crippen LogP contribution < -0.4 is 20.7 Å². The Morgan fingerprint density at radius 3 is 2.68 bits per heavy atom. The van der Waals surface area contributed by atoms with Gasteiger partial charge in [0.15, 0.2) is 0 Å². The predicted molar refractivity (Wildman–Crippen MR) is 109 cm³/mol. The number of ether oxygens (including phenoxy) is 1. The summed E-state index contributed by atoms with van der Waals surface area (Å²) in [4.78, 5) is 26.8. The number of carbonyl (C=O) groups excluding carboxylic acids is 2. The number of nitrogens with zero attached hydrogens (tertiary/aromatic N) is 1. The lowest BCUT2D eigenvalue weighted by molar-refractivity contribution is -0.121. The number of fused-ring (bicyclic) bond motifs is 1. The maximum atomic E-state index is 13.0. The van der Waals surface area contributed by atoms with Gasteiger partial charge in [0.2, 0.25) is 11.8 Å². The van der Waals surface area contributed by atoms with Crippen LogP contribution in [-0.4, -0.2) is 31.5 Å². The molecule has 3 N–H and O–H groups in total. The van der Waals surface area contributed by atoms with E-state index in [9.17, 15) is 9.59 Å². The van der Waals surface area contributed by atoms with Gasteiger partial charge >= 0.3 is 0 Å². The Kier molecular flexibility index (Phi) is 5.13. The molecular formula is C21H22ClN3O3. The summed E-state index contributed by atoms with van der Waals surface area (Å²) in [7, 11) is 0. The zero-order chi connectivity index (χ0) is 19.7. The average molecular weight is 400 g/mol. The molecule has 7 heteroatoms. The van der Waals surface area contributed by atoms with Crippen LogP contribution in [0, 0.1) is 5.92 Å². The Bertz CT molecular complexity index is 925. The fraction of sp³-hybridized carbons (Fsp3) is 0.333. The number of halogens is 1. The van der Waals surface area contributed by atoms with Gasteiger partial charge in [0.05, 0.1) is 17.3 Å². The molecular weight excluding hydrogens is 378 g/mol. The van der Waals surface area contributed by atoms with E-state index in [0.717, 1.165) is 42.9 Å². The zero-order valence-electron chi connectivity index (χ0n) is 15.4. The first-order chi connectivity index (χ1) is 13.5. The van der Waals surface area contributed by atoms with Gasteiger partial charge in [-0.15, -0.1) is 0 Å². The number of primary amides is 1. The van der Waals surface area contributed by atoms with Gasteiger partial charge in [0.1, 0.15) is 12.4 Å². The van der Waals surface area contributed by atoms with E-state index in [1.54, 1.807) is 18.2 Å². The zero-order valence-corrected chi connectivity index (χ0v) is 16.2. The number of rotatable bonds is 4. The van der Waals surface area contributed by atoms with Gasteiger partial charge in [-0.2, -0.15) is 0 Å². The molecule has 6 nitrogen and oxygen atoms in total. The standard InChI is InChI=1S/C21H22ClN3O3/c22-16-4-6-19-14(10-16)9-15(12-28-19)21(27)24-17-11-13(20(23)26)3-5-18(17)25-7-1-2-8-25/h3-6,10-11,15H,1-2,7-9,12H2,(H2,23,26)(H,24,27). The predicted octanol–water partition coefficient (Wildman–Crippen LogP) is 3.23. The molecule has 2 aromatic rings. The maximum absolute atomic E-state index is 13.0. The summed E-state index contributed by atoms with van der Waals surface area (Å²) in [6.07, 6.45) is 2.77. The molecule has 2 amide bonds. The van der Waals surface area contributed by atoms with Crippen molar-refractivity contribution in [3.63, 3.8) is 0 Å². The minimum absolute atomic E-state index is 0.146. The minimum Gasteiger partial charge on any atom is -0.492 e. The van der Waals surface area contributed by atoms with Crippen molar-refractivity contribution in [2.24, 2.45) is 11.7 Å². The third kappa shape index (κ3) is 3.78. The molecule has 0 bridgehead atoms. The molecule has 28 heavy (non-hydrogen) atoms. The number of anilines is 2. The third-order valence-electron chi connectivity index (χ3n) is 5.29. The fourth-order valence-corrected chi connectivity index (χ4v) is 3.98. The summed E-state index contributed by atoms with van der Waals surface area (Å²) < 4.78 is 5.74. The van der Waals surface area contributed by atoms with E-state index < -0.39 is 5.91 Å². The van der Waals surface area contributed by atoms with E-state index in [1.807, 2.05) is 18.2 Å². The van der Waals surface area contributed by atoms with E-state index in [0.29, 0.717) is 29.3 Å². The molecule has 0 aliphatic carbocycles. The van der Waals surface area contributed by atoms with Gasteiger partial charge in [-0.25, -0.2) is 0 Å². The van der Waals surface area contributed by atoms with Crippen molar-refractivity contribution in [3.05, 3.63) is 52.5 Å². The minimum atomic E-state index is -0.520. The molecule has 0 saturated carbocycles. The number of nitrogens with two attached hydrogens (primary N) is 1. The van der Waals surface area contributed by atoms with Crippen molar-refractivity contribution in [2.45, 2.75) is 19.3 Å². The highest BCUT2D eigenvalue weighted by molar-refractivity contribution is 6.30. The molecule has 0 spiro atoms. The van der Waals surface area contributed by atoms with Crippen LogP contribution in [0.3, 0.4) is 0 Å². The van der Waals surface area contributed by atoms with Crippen LogP contribution in [0.1, 0.15) is 28.8 Å². The van der Waals surface area contributed by atoms with Crippen molar-refractivity contribution in [2.75, 3.05) is 29.9 Å². The molecule has 2 aliphatic rings. The molecule has 0 aromatic heterocycles. The number of benzene rings is 2. The highest BCUT2D eigenvalue weighted by Crippen LogP contribution is 2.33. The summed E-state index contributed by atoms with van der Waals surface area (Å²) in [5, 5.41) is 3.62. The van der Waals surface area contributed by atoms with Crippen molar-refractivity contribution < 1.29 is 14.3 Å². The summed E-state index contributed by atoms with van der Waals surface area (Å²) >= 11 is 6.07. The largest absolute Gasteiger partial charge is 0.492 e. The highest BCUT2D eigenvalue weighted by atomic mass is 35.5. The molecule has 1 fully saturated rings. The van der Waals surface area contributed by atoms with Crippen molar-refractivity contribution in [1.82, 2.24) is 0 Å². The lowest BCUT2D eigenvalue weighted by Crippen LogP contribution is -2.33. The highest BCUT2D eigenvalue weighted by Gasteiger charge is 2.27. The molecule has 2 aromatic carbocycles. The molecule has 146 valence electrons. The van der Waals surface area contributed by atoms with E-state index in [4.69, 9.17) is 22.1 Å². The smallest absolute Gasteiger partial charge is 0.248 e. The second kappa shape index (κ2) is 7.72. The van der Waals surface area contributed by atoms with E-state index >= 15 is 0 Å². The van der Waals surface area contributed by atoms with Crippen LogP contribution in [0.25, 0.3) is 0 Å². The van der Waals surface area contributed by atoms with Gasteiger partial charge in [-0.3, -0.25) is 9.59 Å². The van der Waals surface area contributed by atoms with Gasteiger partial charge in [0.25, 0.3) is 0 Å². The van der Waals surface area contributed by atoms with Crippen LogP contribution in [-0.2, 0) is 11.2 Å². The first-order valence-electron chi connectivity index (χ1n) is 9.42. The van der Waals surface area contributed by atoms with Gasteiger partial charge in [0, 0.05) is 23.7 Å². The monoisotopic (exact) mass is 399 g/mol. The normalized spacial score (nSPS) is 18.3. The number of amides is 2. The molecule has 1 unspecified atom stereocenters. The lowest BCUT2D eigenvalue weighted by atomic mass is 9.96. The van der Waals surface area contributed by atoms with Gasteiger partial charge < -0.3 is 20.7 Å².